The van der Waals surface area contributed by atoms with Crippen molar-refractivity contribution in [1.29, 1.82) is 5.26 Å². The Kier molecular flexibility index (Phi) is 3.45. The number of anilines is 1. The van der Waals surface area contributed by atoms with Gasteiger partial charge < -0.3 is 5.32 Å². The van der Waals surface area contributed by atoms with E-state index >= 15 is 0 Å². The molecule has 1 N–H and O–H groups in total. The second-order valence-corrected chi connectivity index (χ2v) is 3.82. The van der Waals surface area contributed by atoms with Crippen molar-refractivity contribution in [2.75, 3.05) is 5.32 Å². The SMILES string of the molecule is CC(C)CC(=O)Nc1nn(C)cc1C#N. The fourth-order valence-corrected chi connectivity index (χ4v) is 1.22. The largest absolute Gasteiger partial charge is 0.308 e. The van der Waals surface area contributed by atoms with Gasteiger partial charge in [-0.1, -0.05) is 13.8 Å². The highest BCUT2D eigenvalue weighted by atomic mass is 16.1. The van der Waals surface area contributed by atoms with Crippen LogP contribution in [0.3, 0.4) is 0 Å². The van der Waals surface area contributed by atoms with Crippen LogP contribution >= 0.6 is 0 Å². The summed E-state index contributed by atoms with van der Waals surface area (Å²) in [6.07, 6.45) is 2.01. The lowest BCUT2D eigenvalue weighted by molar-refractivity contribution is -0.116. The zero-order chi connectivity index (χ0) is 11.4. The first-order valence-corrected chi connectivity index (χ1v) is 4.76. The maximum absolute atomic E-state index is 11.4. The van der Waals surface area contributed by atoms with Crippen molar-refractivity contribution in [1.82, 2.24) is 9.78 Å². The molecule has 0 unspecified atom stereocenters. The monoisotopic (exact) mass is 206 g/mol. The summed E-state index contributed by atoms with van der Waals surface area (Å²) in [5.41, 5.74) is 0.384. The summed E-state index contributed by atoms with van der Waals surface area (Å²) in [4.78, 5) is 11.4. The molecule has 1 amide bonds. The standard InChI is InChI=1S/C10H14N4O/c1-7(2)4-9(15)12-10-8(5-11)6-14(3)13-10/h6-7H,4H2,1-3H3,(H,12,13,15). The van der Waals surface area contributed by atoms with Gasteiger partial charge in [0.05, 0.1) is 0 Å². The number of rotatable bonds is 3. The third kappa shape index (κ3) is 3.09. The fourth-order valence-electron chi connectivity index (χ4n) is 1.22. The minimum absolute atomic E-state index is 0.111. The molecule has 1 heterocycles. The van der Waals surface area contributed by atoms with Gasteiger partial charge in [0.1, 0.15) is 11.6 Å². The zero-order valence-electron chi connectivity index (χ0n) is 9.11. The molecule has 0 fully saturated rings. The van der Waals surface area contributed by atoms with Gasteiger partial charge in [-0.15, -0.1) is 0 Å². The van der Waals surface area contributed by atoms with Crippen LogP contribution in [0.15, 0.2) is 6.20 Å². The maximum Gasteiger partial charge on any atom is 0.225 e. The number of nitriles is 1. The van der Waals surface area contributed by atoms with E-state index in [-0.39, 0.29) is 5.91 Å². The first kappa shape index (κ1) is 11.2. The topological polar surface area (TPSA) is 70.7 Å². The number of nitrogens with zero attached hydrogens (tertiary/aromatic N) is 3. The molecule has 1 rings (SSSR count). The van der Waals surface area contributed by atoms with Crippen LogP contribution in [0, 0.1) is 17.2 Å². The Morgan fingerprint density at radius 1 is 1.73 bits per heavy atom. The number of nitrogens with one attached hydrogen (secondary N) is 1. The number of aryl methyl sites for hydroxylation is 1. The first-order valence-electron chi connectivity index (χ1n) is 4.76. The van der Waals surface area contributed by atoms with E-state index in [1.807, 2.05) is 19.9 Å². The molecule has 80 valence electrons. The van der Waals surface area contributed by atoms with Crippen molar-refractivity contribution in [3.63, 3.8) is 0 Å². The lowest BCUT2D eigenvalue weighted by atomic mass is 10.1. The van der Waals surface area contributed by atoms with Crippen molar-refractivity contribution in [3.8, 4) is 6.07 Å². The number of carbonyl (C=O) groups is 1. The molecule has 0 bridgehead atoms. The predicted molar refractivity (Wildman–Crippen MR) is 56.0 cm³/mol. The molecule has 5 nitrogen and oxygen atoms in total. The third-order valence-electron chi connectivity index (χ3n) is 1.80. The Morgan fingerprint density at radius 3 is 2.93 bits per heavy atom. The molecule has 0 spiro atoms. The molecule has 1 aromatic heterocycles. The lowest BCUT2D eigenvalue weighted by Gasteiger charge is -2.04. The van der Waals surface area contributed by atoms with E-state index in [0.717, 1.165) is 0 Å². The highest BCUT2D eigenvalue weighted by molar-refractivity contribution is 5.90. The molecule has 5 heteroatoms. The van der Waals surface area contributed by atoms with Crippen LogP contribution in [0.25, 0.3) is 0 Å². The van der Waals surface area contributed by atoms with Crippen LogP contribution in [0.5, 0.6) is 0 Å². The van der Waals surface area contributed by atoms with Gasteiger partial charge in [0.25, 0.3) is 0 Å². The molecule has 15 heavy (non-hydrogen) atoms. The molecule has 0 aromatic carbocycles. The quantitative estimate of drug-likeness (QED) is 0.809. The van der Waals surface area contributed by atoms with Crippen molar-refractivity contribution < 1.29 is 4.79 Å². The molecule has 0 atom stereocenters. The van der Waals surface area contributed by atoms with Crippen LogP contribution in [0.1, 0.15) is 25.8 Å². The Balaban J connectivity index is 2.72. The predicted octanol–water partition coefficient (Wildman–Crippen LogP) is 1.28. The van der Waals surface area contributed by atoms with Gasteiger partial charge in [-0.3, -0.25) is 9.48 Å². The fraction of sp³-hybridized carbons (Fsp3) is 0.500. The van der Waals surface area contributed by atoms with E-state index in [9.17, 15) is 4.79 Å². The molecule has 0 aliphatic heterocycles. The average Bonchev–Trinajstić information content (AvgIpc) is 2.44. The van der Waals surface area contributed by atoms with Gasteiger partial charge in [0, 0.05) is 19.7 Å². The normalized spacial score (nSPS) is 10.1. The van der Waals surface area contributed by atoms with Crippen LogP contribution in [0.4, 0.5) is 5.82 Å². The number of aromatic nitrogens is 2. The molecule has 0 radical (unpaired) electrons. The Bertz CT molecular complexity index is 400. The van der Waals surface area contributed by atoms with E-state index in [4.69, 9.17) is 5.26 Å². The summed E-state index contributed by atoms with van der Waals surface area (Å²) < 4.78 is 1.50. The van der Waals surface area contributed by atoms with Crippen LogP contribution in [0.2, 0.25) is 0 Å². The Hall–Kier alpha value is -1.83. The van der Waals surface area contributed by atoms with E-state index < -0.39 is 0 Å². The summed E-state index contributed by atoms with van der Waals surface area (Å²) in [6, 6.07) is 1.98. The molecule has 0 saturated carbocycles. The van der Waals surface area contributed by atoms with Crippen molar-refractivity contribution in [3.05, 3.63) is 11.8 Å². The zero-order valence-corrected chi connectivity index (χ0v) is 9.11. The second-order valence-electron chi connectivity index (χ2n) is 3.82. The minimum Gasteiger partial charge on any atom is -0.308 e. The summed E-state index contributed by atoms with van der Waals surface area (Å²) in [7, 11) is 1.71. The van der Waals surface area contributed by atoms with Gasteiger partial charge in [-0.2, -0.15) is 10.4 Å². The maximum atomic E-state index is 11.4. The molecule has 0 saturated heterocycles. The van der Waals surface area contributed by atoms with E-state index in [1.54, 1.807) is 13.2 Å². The van der Waals surface area contributed by atoms with Gasteiger partial charge in [-0.25, -0.2) is 0 Å². The van der Waals surface area contributed by atoms with Crippen molar-refractivity contribution >= 4 is 11.7 Å². The van der Waals surface area contributed by atoms with Gasteiger partial charge in [-0.05, 0) is 5.92 Å². The molecule has 0 aliphatic rings. The lowest BCUT2D eigenvalue weighted by Crippen LogP contribution is -2.15. The molecular weight excluding hydrogens is 192 g/mol. The van der Waals surface area contributed by atoms with Gasteiger partial charge in [0.2, 0.25) is 5.91 Å². The van der Waals surface area contributed by atoms with E-state index in [1.165, 1.54) is 4.68 Å². The third-order valence-corrected chi connectivity index (χ3v) is 1.80. The Labute approximate surface area is 88.7 Å². The first-order chi connectivity index (χ1) is 7.02. The van der Waals surface area contributed by atoms with Crippen molar-refractivity contribution in [2.45, 2.75) is 20.3 Å². The van der Waals surface area contributed by atoms with Crippen LogP contribution in [-0.4, -0.2) is 15.7 Å². The summed E-state index contributed by atoms with van der Waals surface area (Å²) in [6.45, 7) is 3.92. The number of amides is 1. The van der Waals surface area contributed by atoms with Gasteiger partial charge in [0.15, 0.2) is 5.82 Å². The van der Waals surface area contributed by atoms with Gasteiger partial charge >= 0.3 is 0 Å². The molecule has 0 aliphatic carbocycles. The number of hydrogen-bond acceptors (Lipinski definition) is 3. The highest BCUT2D eigenvalue weighted by Gasteiger charge is 2.11. The second kappa shape index (κ2) is 4.60. The Morgan fingerprint density at radius 2 is 2.40 bits per heavy atom. The van der Waals surface area contributed by atoms with Crippen LogP contribution in [-0.2, 0) is 11.8 Å². The smallest absolute Gasteiger partial charge is 0.225 e. The van der Waals surface area contributed by atoms with E-state index in [2.05, 4.69) is 10.4 Å². The molecular formula is C10H14N4O. The summed E-state index contributed by atoms with van der Waals surface area (Å²) in [5, 5.41) is 15.4. The van der Waals surface area contributed by atoms with E-state index in [0.29, 0.717) is 23.7 Å². The van der Waals surface area contributed by atoms with Crippen molar-refractivity contribution in [2.24, 2.45) is 13.0 Å². The minimum atomic E-state index is -0.111. The summed E-state index contributed by atoms with van der Waals surface area (Å²) in [5.74, 6) is 0.519. The average molecular weight is 206 g/mol. The number of hydrogen-bond donors (Lipinski definition) is 1. The molecule has 1 aromatic rings. The number of carbonyl (C=O) groups excluding carboxylic acids is 1. The van der Waals surface area contributed by atoms with Crippen LogP contribution < -0.4 is 5.32 Å². The highest BCUT2D eigenvalue weighted by Crippen LogP contribution is 2.12. The summed E-state index contributed by atoms with van der Waals surface area (Å²) >= 11 is 0.